The number of carbonyl (C=O) groups is 2. The van der Waals surface area contributed by atoms with Gasteiger partial charge in [-0.2, -0.15) is 0 Å². The summed E-state index contributed by atoms with van der Waals surface area (Å²) in [4.78, 5) is 34.6. The van der Waals surface area contributed by atoms with E-state index in [4.69, 9.17) is 11.6 Å². The van der Waals surface area contributed by atoms with Crippen LogP contribution in [0.1, 0.15) is 22.5 Å². The summed E-state index contributed by atoms with van der Waals surface area (Å²) in [6, 6.07) is 8.36. The first-order chi connectivity index (χ1) is 14.8. The molecule has 3 N–H and O–H groups in total. The van der Waals surface area contributed by atoms with Gasteiger partial charge in [0.25, 0.3) is 5.91 Å². The van der Waals surface area contributed by atoms with E-state index < -0.39 is 11.9 Å². The van der Waals surface area contributed by atoms with Crippen molar-refractivity contribution in [3.05, 3.63) is 64.8 Å². The Bertz CT molecular complexity index is 1050. The molecule has 0 saturated heterocycles. The highest BCUT2D eigenvalue weighted by molar-refractivity contribution is 6.30. The number of hydrogen-bond donors (Lipinski definition) is 3. The monoisotopic (exact) mass is 445 g/mol. The number of carbonyl (C=O) groups excluding carboxylic acids is 2. The summed E-state index contributed by atoms with van der Waals surface area (Å²) < 4.78 is 13.2. The molecule has 164 valence electrons. The molecule has 2 aromatic heterocycles. The van der Waals surface area contributed by atoms with Gasteiger partial charge >= 0.3 is 0 Å². The first-order valence-electron chi connectivity index (χ1n) is 9.94. The van der Waals surface area contributed by atoms with Crippen LogP contribution in [0.15, 0.2) is 42.6 Å². The lowest BCUT2D eigenvalue weighted by molar-refractivity contribution is -0.122. The fraction of sp³-hybridized carbons (Fsp3) is 0.318. The predicted molar refractivity (Wildman–Crippen MR) is 119 cm³/mol. The Kier molecular flexibility index (Phi) is 7.59. The molecule has 0 aliphatic carbocycles. The molecule has 2 amide bonds. The van der Waals surface area contributed by atoms with Gasteiger partial charge in [0.1, 0.15) is 22.7 Å². The van der Waals surface area contributed by atoms with Crippen molar-refractivity contribution in [1.29, 1.82) is 0 Å². The fourth-order valence-corrected chi connectivity index (χ4v) is 3.32. The molecule has 0 bridgehead atoms. The second-order valence-electron chi connectivity index (χ2n) is 7.58. The van der Waals surface area contributed by atoms with Gasteiger partial charge in [0.15, 0.2) is 0 Å². The smallest absolute Gasteiger partial charge is 0.268 e. The third-order valence-electron chi connectivity index (χ3n) is 4.77. The van der Waals surface area contributed by atoms with Gasteiger partial charge in [0.05, 0.1) is 11.7 Å². The zero-order chi connectivity index (χ0) is 22.4. The highest BCUT2D eigenvalue weighted by atomic mass is 35.5. The van der Waals surface area contributed by atoms with Crippen LogP contribution >= 0.6 is 11.6 Å². The van der Waals surface area contributed by atoms with Crippen LogP contribution in [0, 0.1) is 5.82 Å². The van der Waals surface area contributed by atoms with Crippen molar-refractivity contribution in [3.8, 4) is 0 Å². The molecule has 0 unspecified atom stereocenters. The zero-order valence-corrected chi connectivity index (χ0v) is 18.2. The van der Waals surface area contributed by atoms with Gasteiger partial charge in [0.2, 0.25) is 5.91 Å². The molecule has 0 saturated carbocycles. The van der Waals surface area contributed by atoms with E-state index in [-0.39, 0.29) is 18.1 Å². The highest BCUT2D eigenvalue weighted by Crippen LogP contribution is 2.18. The topological polar surface area (TPSA) is 90.1 Å². The van der Waals surface area contributed by atoms with Crippen LogP contribution in [0.4, 0.5) is 4.39 Å². The summed E-state index contributed by atoms with van der Waals surface area (Å²) in [5.74, 6) is -1.08. The highest BCUT2D eigenvalue weighted by Gasteiger charge is 2.23. The maximum Gasteiger partial charge on any atom is 0.268 e. The van der Waals surface area contributed by atoms with Gasteiger partial charge in [-0.05, 0) is 56.9 Å². The molecular weight excluding hydrogens is 421 g/mol. The molecule has 3 aromatic rings. The van der Waals surface area contributed by atoms with Gasteiger partial charge in [-0.1, -0.05) is 23.7 Å². The van der Waals surface area contributed by atoms with E-state index in [0.29, 0.717) is 22.9 Å². The molecule has 0 spiro atoms. The Morgan fingerprint density at radius 1 is 1.23 bits per heavy atom. The van der Waals surface area contributed by atoms with Crippen molar-refractivity contribution in [2.75, 3.05) is 27.2 Å². The SMILES string of the molecule is CN(C)CCCNC(=O)[C@H](Cc1ccc(F)cc1)NC(=O)c1cc2cc(Cl)ncc2[nH]1. The maximum atomic E-state index is 13.2. The molecule has 31 heavy (non-hydrogen) atoms. The zero-order valence-electron chi connectivity index (χ0n) is 17.4. The Hall–Kier alpha value is -2.97. The molecule has 0 fully saturated rings. The van der Waals surface area contributed by atoms with E-state index in [1.807, 2.05) is 19.0 Å². The molecule has 0 aliphatic rings. The number of nitrogens with zero attached hydrogens (tertiary/aromatic N) is 2. The Morgan fingerprint density at radius 3 is 2.68 bits per heavy atom. The largest absolute Gasteiger partial charge is 0.354 e. The van der Waals surface area contributed by atoms with Crippen molar-refractivity contribution in [2.24, 2.45) is 0 Å². The predicted octanol–water partition coefficient (Wildman–Crippen LogP) is 2.76. The third kappa shape index (κ3) is 6.50. The molecule has 7 nitrogen and oxygen atoms in total. The average Bonchev–Trinajstić information content (AvgIpc) is 3.15. The van der Waals surface area contributed by atoms with Gasteiger partial charge in [-0.15, -0.1) is 0 Å². The van der Waals surface area contributed by atoms with E-state index in [9.17, 15) is 14.0 Å². The average molecular weight is 446 g/mol. The van der Waals surface area contributed by atoms with E-state index in [2.05, 4.69) is 20.6 Å². The minimum Gasteiger partial charge on any atom is -0.354 e. The number of halogens is 2. The van der Waals surface area contributed by atoms with Crippen LogP contribution in [0.5, 0.6) is 0 Å². The molecule has 1 atom stereocenters. The molecule has 3 rings (SSSR count). The van der Waals surface area contributed by atoms with Gasteiger partial charge in [-0.3, -0.25) is 9.59 Å². The number of pyridine rings is 1. The Morgan fingerprint density at radius 2 is 1.97 bits per heavy atom. The standard InChI is InChI=1S/C22H25ClFN5O2/c1-29(2)9-3-8-25-21(30)17(10-14-4-6-16(24)7-5-14)28-22(31)18-11-15-12-20(23)26-13-19(15)27-18/h4-7,11-13,17,27H,3,8-10H2,1-2H3,(H,25,30)(H,28,31)/t17-/m0/s1. The van der Waals surface area contributed by atoms with E-state index in [0.717, 1.165) is 23.9 Å². The Labute approximate surface area is 185 Å². The van der Waals surface area contributed by atoms with E-state index in [1.165, 1.54) is 12.1 Å². The first-order valence-corrected chi connectivity index (χ1v) is 10.3. The second kappa shape index (κ2) is 10.4. The molecule has 9 heteroatoms. The van der Waals surface area contributed by atoms with Crippen LogP contribution in [0.2, 0.25) is 5.15 Å². The van der Waals surface area contributed by atoms with E-state index in [1.54, 1.807) is 30.5 Å². The summed E-state index contributed by atoms with van der Waals surface area (Å²) in [5.41, 5.74) is 1.70. The summed E-state index contributed by atoms with van der Waals surface area (Å²) >= 11 is 5.91. The van der Waals surface area contributed by atoms with E-state index >= 15 is 0 Å². The van der Waals surface area contributed by atoms with Crippen molar-refractivity contribution in [1.82, 2.24) is 25.5 Å². The molecular formula is C22H25ClFN5O2. The minimum atomic E-state index is -0.814. The van der Waals surface area contributed by atoms with Crippen molar-refractivity contribution >= 4 is 34.3 Å². The van der Waals surface area contributed by atoms with Crippen molar-refractivity contribution < 1.29 is 14.0 Å². The molecule has 2 heterocycles. The van der Waals surface area contributed by atoms with Gasteiger partial charge in [-0.25, -0.2) is 9.37 Å². The van der Waals surface area contributed by atoms with Crippen molar-refractivity contribution in [2.45, 2.75) is 18.9 Å². The lowest BCUT2D eigenvalue weighted by Gasteiger charge is -2.19. The van der Waals surface area contributed by atoms with Crippen LogP contribution in [0.3, 0.4) is 0 Å². The number of fused-ring (bicyclic) bond motifs is 1. The number of nitrogens with one attached hydrogen (secondary N) is 3. The number of amides is 2. The lowest BCUT2D eigenvalue weighted by Crippen LogP contribution is -2.48. The third-order valence-corrected chi connectivity index (χ3v) is 4.98. The minimum absolute atomic E-state index is 0.235. The summed E-state index contributed by atoms with van der Waals surface area (Å²) in [6.07, 6.45) is 2.56. The number of benzene rings is 1. The molecule has 0 radical (unpaired) electrons. The maximum absolute atomic E-state index is 13.2. The number of hydrogen-bond acceptors (Lipinski definition) is 4. The number of rotatable bonds is 9. The fourth-order valence-electron chi connectivity index (χ4n) is 3.16. The van der Waals surface area contributed by atoms with Crippen LogP contribution < -0.4 is 10.6 Å². The lowest BCUT2D eigenvalue weighted by atomic mass is 10.0. The summed E-state index contributed by atoms with van der Waals surface area (Å²) in [7, 11) is 3.92. The normalized spacial score (nSPS) is 12.2. The first kappa shape index (κ1) is 22.7. The van der Waals surface area contributed by atoms with Gasteiger partial charge in [0, 0.05) is 18.4 Å². The quantitative estimate of drug-likeness (QED) is 0.349. The van der Waals surface area contributed by atoms with Gasteiger partial charge < -0.3 is 20.5 Å². The molecule has 0 aliphatic heterocycles. The summed E-state index contributed by atoms with van der Waals surface area (Å²) in [6.45, 7) is 1.32. The van der Waals surface area contributed by atoms with Crippen LogP contribution in [-0.2, 0) is 11.2 Å². The van der Waals surface area contributed by atoms with Crippen molar-refractivity contribution in [3.63, 3.8) is 0 Å². The number of aromatic nitrogens is 2. The summed E-state index contributed by atoms with van der Waals surface area (Å²) in [5, 5.41) is 6.72. The Balaban J connectivity index is 1.72. The van der Waals surface area contributed by atoms with Crippen LogP contribution in [-0.4, -0.2) is 59.9 Å². The number of aromatic amines is 1. The van der Waals surface area contributed by atoms with Crippen LogP contribution in [0.25, 0.3) is 10.9 Å². The number of H-pyrrole nitrogens is 1. The second-order valence-corrected chi connectivity index (χ2v) is 7.97. The molecule has 1 aromatic carbocycles.